The summed E-state index contributed by atoms with van der Waals surface area (Å²) in [6, 6.07) is 4.14. The third-order valence-electron chi connectivity index (χ3n) is 4.35. The first kappa shape index (κ1) is 16.3. The fourth-order valence-corrected chi connectivity index (χ4v) is 2.93. The second kappa shape index (κ2) is 6.90. The zero-order chi connectivity index (χ0) is 17.1. The molecule has 1 heterocycles. The van der Waals surface area contributed by atoms with Gasteiger partial charge in [-0.05, 0) is 31.0 Å². The van der Waals surface area contributed by atoms with Crippen molar-refractivity contribution in [3.63, 3.8) is 0 Å². The number of carbonyl (C=O) groups is 1. The minimum absolute atomic E-state index is 0.0896. The topological polar surface area (TPSA) is 75.8 Å². The summed E-state index contributed by atoms with van der Waals surface area (Å²) in [5.41, 5.74) is 0.819. The number of amides is 1. The van der Waals surface area contributed by atoms with Crippen molar-refractivity contribution in [3.05, 3.63) is 36.2 Å². The van der Waals surface area contributed by atoms with E-state index in [0.717, 1.165) is 31.7 Å². The van der Waals surface area contributed by atoms with E-state index in [2.05, 4.69) is 4.98 Å². The fourth-order valence-electron chi connectivity index (χ4n) is 2.93. The van der Waals surface area contributed by atoms with Crippen molar-refractivity contribution < 1.29 is 23.4 Å². The molecule has 6 nitrogen and oxygen atoms in total. The standard InChI is InChI=1S/C17H19FN2O4/c1-20(12-4-2-3-5-12)17(22)23-9-15-16(19-10-24-15)11-6-7-14(21)13(18)8-11/h6-8,10,12,21H,2-5,9H2,1H3. The smallest absolute Gasteiger partial charge is 0.410 e. The van der Waals surface area contributed by atoms with E-state index in [1.54, 1.807) is 11.9 Å². The predicted molar refractivity (Wildman–Crippen MR) is 83.8 cm³/mol. The zero-order valence-electron chi connectivity index (χ0n) is 13.4. The number of halogens is 1. The molecule has 1 aliphatic rings. The molecule has 1 fully saturated rings. The van der Waals surface area contributed by atoms with Crippen LogP contribution >= 0.6 is 0 Å². The van der Waals surface area contributed by atoms with Gasteiger partial charge in [-0.3, -0.25) is 0 Å². The molecule has 1 amide bonds. The number of aromatic nitrogens is 1. The lowest BCUT2D eigenvalue weighted by Gasteiger charge is -2.23. The molecule has 3 rings (SSSR count). The van der Waals surface area contributed by atoms with E-state index in [9.17, 15) is 14.3 Å². The molecule has 0 saturated heterocycles. The van der Waals surface area contributed by atoms with E-state index >= 15 is 0 Å². The minimum Gasteiger partial charge on any atom is -0.505 e. The van der Waals surface area contributed by atoms with Crippen molar-refractivity contribution in [2.75, 3.05) is 7.05 Å². The highest BCUT2D eigenvalue weighted by Gasteiger charge is 2.25. The summed E-state index contributed by atoms with van der Waals surface area (Å²) in [7, 11) is 1.73. The van der Waals surface area contributed by atoms with E-state index in [-0.39, 0.29) is 12.6 Å². The molecule has 1 aromatic heterocycles. The van der Waals surface area contributed by atoms with Crippen LogP contribution in [0.5, 0.6) is 5.75 Å². The summed E-state index contributed by atoms with van der Waals surface area (Å²) in [6.45, 7) is -0.0896. The number of ether oxygens (including phenoxy) is 1. The number of benzene rings is 1. The van der Waals surface area contributed by atoms with Gasteiger partial charge in [0.15, 0.2) is 30.3 Å². The number of phenolic OH excluding ortho intramolecular Hbond substituents is 1. The van der Waals surface area contributed by atoms with E-state index in [1.807, 2.05) is 0 Å². The van der Waals surface area contributed by atoms with Crippen LogP contribution in [0.4, 0.5) is 9.18 Å². The number of carbonyl (C=O) groups excluding carboxylic acids is 1. The second-order valence-electron chi connectivity index (χ2n) is 5.89. The van der Waals surface area contributed by atoms with Crippen LogP contribution in [0.15, 0.2) is 29.0 Å². The molecular formula is C17H19FN2O4. The Kier molecular flexibility index (Phi) is 4.69. The van der Waals surface area contributed by atoms with Gasteiger partial charge in [0, 0.05) is 18.7 Å². The first-order valence-electron chi connectivity index (χ1n) is 7.87. The van der Waals surface area contributed by atoms with Crippen molar-refractivity contribution in [1.29, 1.82) is 0 Å². The largest absolute Gasteiger partial charge is 0.505 e. The zero-order valence-corrected chi connectivity index (χ0v) is 13.4. The molecule has 24 heavy (non-hydrogen) atoms. The highest BCUT2D eigenvalue weighted by molar-refractivity contribution is 5.68. The number of aromatic hydroxyl groups is 1. The number of nitrogens with zero attached hydrogens (tertiary/aromatic N) is 2. The summed E-state index contributed by atoms with van der Waals surface area (Å²) >= 11 is 0. The number of oxazole rings is 1. The summed E-state index contributed by atoms with van der Waals surface area (Å²) in [5, 5.41) is 9.26. The average Bonchev–Trinajstić information content (AvgIpc) is 3.26. The lowest BCUT2D eigenvalue weighted by Crippen LogP contribution is -2.35. The Morgan fingerprint density at radius 2 is 2.21 bits per heavy atom. The van der Waals surface area contributed by atoms with Crippen molar-refractivity contribution in [2.45, 2.75) is 38.3 Å². The first-order chi connectivity index (χ1) is 11.6. The molecule has 1 aliphatic carbocycles. The van der Waals surface area contributed by atoms with E-state index in [4.69, 9.17) is 9.15 Å². The van der Waals surface area contributed by atoms with Gasteiger partial charge in [0.05, 0.1) is 0 Å². The van der Waals surface area contributed by atoms with Crippen molar-refractivity contribution in [2.24, 2.45) is 0 Å². The Hall–Kier alpha value is -2.57. The highest BCUT2D eigenvalue weighted by Crippen LogP contribution is 2.27. The van der Waals surface area contributed by atoms with Gasteiger partial charge in [0.25, 0.3) is 0 Å². The van der Waals surface area contributed by atoms with Crippen LogP contribution in [-0.2, 0) is 11.3 Å². The number of hydrogen-bond acceptors (Lipinski definition) is 5. The van der Waals surface area contributed by atoms with Crippen LogP contribution in [0.3, 0.4) is 0 Å². The summed E-state index contributed by atoms with van der Waals surface area (Å²) < 4.78 is 24.0. The van der Waals surface area contributed by atoms with Crippen LogP contribution < -0.4 is 0 Å². The molecule has 0 atom stereocenters. The van der Waals surface area contributed by atoms with Crippen LogP contribution in [0, 0.1) is 5.82 Å². The van der Waals surface area contributed by atoms with Crippen LogP contribution in [0.2, 0.25) is 0 Å². The van der Waals surface area contributed by atoms with Gasteiger partial charge in [-0.15, -0.1) is 0 Å². The Balaban J connectivity index is 1.67. The van der Waals surface area contributed by atoms with E-state index in [0.29, 0.717) is 17.0 Å². The van der Waals surface area contributed by atoms with Gasteiger partial charge in [0.2, 0.25) is 0 Å². The third-order valence-corrected chi connectivity index (χ3v) is 4.35. The maximum Gasteiger partial charge on any atom is 0.410 e. The van der Waals surface area contributed by atoms with E-state index < -0.39 is 17.7 Å². The predicted octanol–water partition coefficient (Wildman–Crippen LogP) is 3.70. The lowest BCUT2D eigenvalue weighted by atomic mass is 10.1. The SMILES string of the molecule is CN(C(=O)OCc1ocnc1-c1ccc(O)c(F)c1)C1CCCC1. The molecule has 0 spiro atoms. The normalized spacial score (nSPS) is 14.8. The molecule has 128 valence electrons. The van der Waals surface area contributed by atoms with Gasteiger partial charge in [-0.25, -0.2) is 14.2 Å². The monoisotopic (exact) mass is 334 g/mol. The lowest BCUT2D eigenvalue weighted by molar-refractivity contribution is 0.0860. The molecule has 7 heteroatoms. The van der Waals surface area contributed by atoms with Crippen molar-refractivity contribution in [1.82, 2.24) is 9.88 Å². The quantitative estimate of drug-likeness (QED) is 0.923. The number of phenols is 1. The number of hydrogen-bond donors (Lipinski definition) is 1. The van der Waals surface area contributed by atoms with Crippen LogP contribution in [0.1, 0.15) is 31.4 Å². The Labute approximate surface area is 138 Å². The molecule has 1 aromatic carbocycles. The average molecular weight is 334 g/mol. The molecule has 0 unspecified atom stereocenters. The van der Waals surface area contributed by atoms with Crippen molar-refractivity contribution >= 4 is 6.09 Å². The molecule has 0 bridgehead atoms. The maximum atomic E-state index is 13.5. The third kappa shape index (κ3) is 3.34. The van der Waals surface area contributed by atoms with Gasteiger partial charge in [-0.2, -0.15) is 0 Å². The molecule has 1 N–H and O–H groups in total. The van der Waals surface area contributed by atoms with Crippen LogP contribution in [-0.4, -0.2) is 34.2 Å². The number of rotatable bonds is 4. The Morgan fingerprint density at radius 3 is 2.92 bits per heavy atom. The molecule has 1 saturated carbocycles. The molecule has 0 aliphatic heterocycles. The molecular weight excluding hydrogens is 315 g/mol. The summed E-state index contributed by atoms with van der Waals surface area (Å²) in [6.07, 6.45) is 5.03. The molecule has 2 aromatic rings. The fraction of sp³-hybridized carbons (Fsp3) is 0.412. The highest BCUT2D eigenvalue weighted by atomic mass is 19.1. The van der Waals surface area contributed by atoms with Crippen LogP contribution in [0.25, 0.3) is 11.3 Å². The van der Waals surface area contributed by atoms with Gasteiger partial charge >= 0.3 is 6.09 Å². The maximum absolute atomic E-state index is 13.5. The van der Waals surface area contributed by atoms with Gasteiger partial charge in [-0.1, -0.05) is 12.8 Å². The second-order valence-corrected chi connectivity index (χ2v) is 5.89. The molecule has 0 radical (unpaired) electrons. The Bertz CT molecular complexity index is 725. The summed E-state index contributed by atoms with van der Waals surface area (Å²) in [4.78, 5) is 17.8. The summed E-state index contributed by atoms with van der Waals surface area (Å²) in [5.74, 6) is -0.860. The van der Waals surface area contributed by atoms with Gasteiger partial charge < -0.3 is 19.2 Å². The Morgan fingerprint density at radius 1 is 1.46 bits per heavy atom. The first-order valence-corrected chi connectivity index (χ1v) is 7.87. The van der Waals surface area contributed by atoms with E-state index in [1.165, 1.54) is 18.5 Å². The minimum atomic E-state index is -0.751. The van der Waals surface area contributed by atoms with Gasteiger partial charge in [0.1, 0.15) is 5.69 Å². The van der Waals surface area contributed by atoms with Crippen molar-refractivity contribution in [3.8, 4) is 17.0 Å².